The predicted octanol–water partition coefficient (Wildman–Crippen LogP) is -1.25. The molecule has 6 nitrogen and oxygen atoms in total. The van der Waals surface area contributed by atoms with Crippen LogP contribution >= 0.6 is 15.9 Å². The molecule has 1 heterocycles. The third-order valence-electron chi connectivity index (χ3n) is 2.10. The largest absolute Gasteiger partial charge is 0.463 e. The van der Waals surface area contributed by atoms with E-state index in [1.807, 2.05) is 0 Å². The first kappa shape index (κ1) is 12.9. The number of esters is 1. The Balaban J connectivity index is 2.54. The number of aliphatic hydroxyl groups is 3. The van der Waals surface area contributed by atoms with Crippen LogP contribution in [0.4, 0.5) is 0 Å². The van der Waals surface area contributed by atoms with Gasteiger partial charge in [0, 0.05) is 6.92 Å². The zero-order chi connectivity index (χ0) is 11.6. The fraction of sp³-hybridized carbons (Fsp3) is 0.875. The number of ether oxygens (including phenoxy) is 2. The number of carbonyl (C=O) groups excluding carboxylic acids is 1. The van der Waals surface area contributed by atoms with Crippen molar-refractivity contribution in [3.05, 3.63) is 0 Å². The SMILES string of the molecule is CC(=O)OCC1O[C@H](Br)C(O)[C@@H](O)[C@@H]1O. The highest BCUT2D eigenvalue weighted by Gasteiger charge is 2.42. The second-order valence-corrected chi connectivity index (χ2v) is 4.20. The second-order valence-electron chi connectivity index (χ2n) is 3.30. The predicted molar refractivity (Wildman–Crippen MR) is 52.2 cm³/mol. The van der Waals surface area contributed by atoms with Gasteiger partial charge >= 0.3 is 5.97 Å². The highest BCUT2D eigenvalue weighted by Crippen LogP contribution is 2.24. The summed E-state index contributed by atoms with van der Waals surface area (Å²) in [4.78, 5) is 10.5. The van der Waals surface area contributed by atoms with Crippen molar-refractivity contribution >= 4 is 21.9 Å². The van der Waals surface area contributed by atoms with Gasteiger partial charge in [0.15, 0.2) is 0 Å². The summed E-state index contributed by atoms with van der Waals surface area (Å²) in [6, 6.07) is 0. The molecule has 2 unspecified atom stereocenters. The van der Waals surface area contributed by atoms with Gasteiger partial charge in [-0.1, -0.05) is 15.9 Å². The fourth-order valence-corrected chi connectivity index (χ4v) is 1.83. The molecule has 7 heteroatoms. The molecule has 1 aliphatic heterocycles. The van der Waals surface area contributed by atoms with Crippen LogP contribution in [0.2, 0.25) is 0 Å². The molecular weight excluding hydrogens is 272 g/mol. The number of halogens is 1. The molecule has 0 bridgehead atoms. The molecule has 0 aliphatic carbocycles. The fourth-order valence-electron chi connectivity index (χ4n) is 1.24. The zero-order valence-corrected chi connectivity index (χ0v) is 9.62. The van der Waals surface area contributed by atoms with Gasteiger partial charge in [0.2, 0.25) is 0 Å². The number of hydrogen-bond donors (Lipinski definition) is 3. The molecule has 0 saturated carbocycles. The summed E-state index contributed by atoms with van der Waals surface area (Å²) in [7, 11) is 0. The van der Waals surface area contributed by atoms with Crippen molar-refractivity contribution in [1.29, 1.82) is 0 Å². The maximum Gasteiger partial charge on any atom is 0.302 e. The van der Waals surface area contributed by atoms with Gasteiger partial charge in [0.1, 0.15) is 36.0 Å². The third kappa shape index (κ3) is 3.12. The average Bonchev–Trinajstić information content (AvgIpc) is 2.18. The maximum atomic E-state index is 10.5. The quantitative estimate of drug-likeness (QED) is 0.433. The van der Waals surface area contributed by atoms with Crippen molar-refractivity contribution < 1.29 is 29.6 Å². The van der Waals surface area contributed by atoms with E-state index in [0.717, 1.165) is 0 Å². The van der Waals surface area contributed by atoms with Gasteiger partial charge in [-0.15, -0.1) is 0 Å². The van der Waals surface area contributed by atoms with Crippen molar-refractivity contribution in [1.82, 2.24) is 0 Å². The van der Waals surface area contributed by atoms with Crippen LogP contribution in [0, 0.1) is 0 Å². The Morgan fingerprint density at radius 1 is 1.33 bits per heavy atom. The summed E-state index contributed by atoms with van der Waals surface area (Å²) >= 11 is 2.99. The molecule has 0 aromatic rings. The number of carbonyl (C=O) groups is 1. The lowest BCUT2D eigenvalue weighted by Gasteiger charge is -2.37. The lowest BCUT2D eigenvalue weighted by molar-refractivity contribution is -0.208. The van der Waals surface area contributed by atoms with Crippen molar-refractivity contribution in [3.8, 4) is 0 Å². The molecule has 5 atom stereocenters. The molecule has 0 spiro atoms. The molecule has 0 amide bonds. The van der Waals surface area contributed by atoms with Crippen LogP contribution in [0.5, 0.6) is 0 Å². The van der Waals surface area contributed by atoms with E-state index < -0.39 is 35.4 Å². The van der Waals surface area contributed by atoms with Gasteiger partial charge in [-0.3, -0.25) is 4.79 Å². The average molecular weight is 285 g/mol. The topological polar surface area (TPSA) is 96.2 Å². The first-order valence-corrected chi connectivity index (χ1v) is 5.32. The van der Waals surface area contributed by atoms with Crippen LogP contribution in [0.3, 0.4) is 0 Å². The molecule has 1 aliphatic rings. The van der Waals surface area contributed by atoms with Crippen LogP contribution in [0.25, 0.3) is 0 Å². The minimum absolute atomic E-state index is 0.164. The van der Waals surface area contributed by atoms with Gasteiger partial charge in [-0.2, -0.15) is 0 Å². The molecule has 0 aromatic carbocycles. The Morgan fingerprint density at radius 3 is 2.47 bits per heavy atom. The van der Waals surface area contributed by atoms with E-state index in [1.165, 1.54) is 6.92 Å². The van der Waals surface area contributed by atoms with Crippen molar-refractivity contribution in [2.45, 2.75) is 36.4 Å². The van der Waals surface area contributed by atoms with Gasteiger partial charge in [-0.25, -0.2) is 0 Å². The van der Waals surface area contributed by atoms with E-state index in [1.54, 1.807) is 0 Å². The van der Waals surface area contributed by atoms with E-state index in [9.17, 15) is 20.1 Å². The normalized spacial score (nSPS) is 41.3. The van der Waals surface area contributed by atoms with Crippen molar-refractivity contribution in [2.75, 3.05) is 6.61 Å². The molecule has 0 aromatic heterocycles. The zero-order valence-electron chi connectivity index (χ0n) is 8.04. The Hall–Kier alpha value is -0.210. The number of rotatable bonds is 2. The Bertz CT molecular complexity index is 235. The molecule has 88 valence electrons. The van der Waals surface area contributed by atoms with E-state index in [2.05, 4.69) is 20.7 Å². The van der Waals surface area contributed by atoms with Crippen LogP contribution in [0.15, 0.2) is 0 Å². The molecule has 1 fully saturated rings. The van der Waals surface area contributed by atoms with Crippen LogP contribution in [-0.2, 0) is 14.3 Å². The van der Waals surface area contributed by atoms with Gasteiger partial charge in [-0.05, 0) is 0 Å². The molecular formula is C8H13BrO6. The summed E-state index contributed by atoms with van der Waals surface area (Å²) in [5.41, 5.74) is 0. The van der Waals surface area contributed by atoms with Gasteiger partial charge < -0.3 is 24.8 Å². The summed E-state index contributed by atoms with van der Waals surface area (Å²) in [6.45, 7) is 1.06. The highest BCUT2D eigenvalue weighted by molar-refractivity contribution is 9.09. The van der Waals surface area contributed by atoms with E-state index >= 15 is 0 Å². The molecule has 1 rings (SSSR count). The minimum atomic E-state index is -1.33. The lowest BCUT2D eigenvalue weighted by atomic mass is 10.0. The lowest BCUT2D eigenvalue weighted by Crippen LogP contribution is -2.57. The van der Waals surface area contributed by atoms with E-state index in [0.29, 0.717) is 0 Å². The second kappa shape index (κ2) is 5.22. The number of aliphatic hydroxyl groups excluding tert-OH is 3. The van der Waals surface area contributed by atoms with Crippen molar-refractivity contribution in [2.24, 2.45) is 0 Å². The molecule has 15 heavy (non-hydrogen) atoms. The third-order valence-corrected chi connectivity index (χ3v) is 2.86. The maximum absolute atomic E-state index is 10.5. The van der Waals surface area contributed by atoms with Crippen molar-refractivity contribution in [3.63, 3.8) is 0 Å². The monoisotopic (exact) mass is 284 g/mol. The minimum Gasteiger partial charge on any atom is -0.463 e. The van der Waals surface area contributed by atoms with Crippen LogP contribution < -0.4 is 0 Å². The van der Waals surface area contributed by atoms with Crippen LogP contribution in [-0.4, -0.2) is 57.3 Å². The first-order chi connectivity index (χ1) is 6.93. The van der Waals surface area contributed by atoms with Gasteiger partial charge in [0.05, 0.1) is 0 Å². The first-order valence-electron chi connectivity index (χ1n) is 4.40. The highest BCUT2D eigenvalue weighted by atomic mass is 79.9. The Labute approximate surface area is 94.9 Å². The molecule has 0 radical (unpaired) electrons. The summed E-state index contributed by atoms with van der Waals surface area (Å²) < 4.78 is 9.76. The standard InChI is InChI=1S/C8H13BrO6/c1-3(10)14-2-4-5(11)6(12)7(13)8(9)15-4/h4-8,11-13H,2H2,1H3/t4?,5-,6+,7?,8+/m1/s1. The number of hydrogen-bond acceptors (Lipinski definition) is 6. The molecule has 3 N–H and O–H groups in total. The van der Waals surface area contributed by atoms with Crippen LogP contribution in [0.1, 0.15) is 6.92 Å². The summed E-state index contributed by atoms with van der Waals surface area (Å²) in [5.74, 6) is -0.502. The Morgan fingerprint density at radius 2 is 1.93 bits per heavy atom. The smallest absolute Gasteiger partial charge is 0.302 e. The van der Waals surface area contributed by atoms with E-state index in [4.69, 9.17) is 4.74 Å². The summed E-state index contributed by atoms with van der Waals surface area (Å²) in [5, 5.41) is 27.4. The van der Waals surface area contributed by atoms with E-state index in [-0.39, 0.29) is 6.61 Å². The van der Waals surface area contributed by atoms with Gasteiger partial charge in [0.25, 0.3) is 0 Å². The number of alkyl halides is 1. The summed E-state index contributed by atoms with van der Waals surface area (Å²) in [6.07, 6.45) is -4.68. The Kier molecular flexibility index (Phi) is 4.47. The molecule has 1 saturated heterocycles.